The van der Waals surface area contributed by atoms with Crippen LogP contribution in [0.2, 0.25) is 0 Å². The highest BCUT2D eigenvalue weighted by Crippen LogP contribution is 2.26. The second-order valence-corrected chi connectivity index (χ2v) is 2.85. The van der Waals surface area contributed by atoms with Crippen LogP contribution in [-0.4, -0.2) is 25.3 Å². The van der Waals surface area contributed by atoms with Crippen LogP contribution in [0.25, 0.3) is 0 Å². The third-order valence-corrected chi connectivity index (χ3v) is 1.91. The Morgan fingerprint density at radius 3 is 2.60 bits per heavy atom. The van der Waals surface area contributed by atoms with Gasteiger partial charge in [-0.25, -0.2) is 9.18 Å². The lowest BCUT2D eigenvalue weighted by Crippen LogP contribution is -2.07. The topological polar surface area (TPSA) is 55.8 Å². The van der Waals surface area contributed by atoms with Crippen LogP contribution < -0.4 is 4.74 Å². The summed E-state index contributed by atoms with van der Waals surface area (Å²) in [6, 6.07) is 2.52. The van der Waals surface area contributed by atoms with Crippen LogP contribution >= 0.6 is 0 Å². The third kappa shape index (κ3) is 2.24. The SMILES string of the molecule is COCc1ccc(F)c(OC)c1C(=O)O. The first-order chi connectivity index (χ1) is 7.11. The van der Waals surface area contributed by atoms with Crippen LogP contribution in [-0.2, 0) is 11.3 Å². The molecule has 1 aromatic carbocycles. The summed E-state index contributed by atoms with van der Waals surface area (Å²) in [6.45, 7) is 0.0955. The number of benzene rings is 1. The van der Waals surface area contributed by atoms with Crippen molar-refractivity contribution in [2.45, 2.75) is 6.61 Å². The standard InChI is InChI=1S/C10H11FO4/c1-14-5-6-3-4-7(11)9(15-2)8(6)10(12)13/h3-4H,5H2,1-2H3,(H,12,13). The van der Waals surface area contributed by atoms with Crippen molar-refractivity contribution in [1.82, 2.24) is 0 Å². The Morgan fingerprint density at radius 1 is 1.47 bits per heavy atom. The molecule has 0 spiro atoms. The van der Waals surface area contributed by atoms with E-state index in [1.165, 1.54) is 20.3 Å². The highest BCUT2D eigenvalue weighted by molar-refractivity contribution is 5.92. The lowest BCUT2D eigenvalue weighted by atomic mass is 10.1. The van der Waals surface area contributed by atoms with Crippen molar-refractivity contribution in [2.75, 3.05) is 14.2 Å². The molecule has 0 fully saturated rings. The summed E-state index contributed by atoms with van der Waals surface area (Å²) in [4.78, 5) is 10.9. The molecule has 0 aliphatic carbocycles. The van der Waals surface area contributed by atoms with Gasteiger partial charge in [0.1, 0.15) is 5.56 Å². The van der Waals surface area contributed by atoms with E-state index in [9.17, 15) is 9.18 Å². The lowest BCUT2D eigenvalue weighted by Gasteiger charge is -2.10. The molecule has 15 heavy (non-hydrogen) atoms. The number of methoxy groups -OCH3 is 2. The van der Waals surface area contributed by atoms with Gasteiger partial charge in [-0.05, 0) is 11.6 Å². The molecule has 1 aromatic rings. The monoisotopic (exact) mass is 214 g/mol. The van der Waals surface area contributed by atoms with Gasteiger partial charge in [0.05, 0.1) is 13.7 Å². The maximum atomic E-state index is 13.2. The molecule has 0 aromatic heterocycles. The average molecular weight is 214 g/mol. The summed E-state index contributed by atoms with van der Waals surface area (Å²) in [7, 11) is 2.66. The van der Waals surface area contributed by atoms with Gasteiger partial charge in [-0.1, -0.05) is 6.07 Å². The van der Waals surface area contributed by atoms with E-state index in [1.54, 1.807) is 0 Å². The number of hydrogen-bond acceptors (Lipinski definition) is 3. The first-order valence-electron chi connectivity index (χ1n) is 4.19. The Balaban J connectivity index is 3.35. The van der Waals surface area contributed by atoms with E-state index < -0.39 is 11.8 Å². The summed E-state index contributed by atoms with van der Waals surface area (Å²) in [5.74, 6) is -2.20. The minimum absolute atomic E-state index is 0.0955. The summed E-state index contributed by atoms with van der Waals surface area (Å²) in [6.07, 6.45) is 0. The van der Waals surface area contributed by atoms with Crippen LogP contribution in [0.1, 0.15) is 15.9 Å². The first kappa shape index (κ1) is 11.5. The Morgan fingerprint density at radius 2 is 2.13 bits per heavy atom. The van der Waals surface area contributed by atoms with E-state index in [2.05, 4.69) is 0 Å². The van der Waals surface area contributed by atoms with E-state index in [0.717, 1.165) is 6.07 Å². The maximum absolute atomic E-state index is 13.2. The molecular weight excluding hydrogens is 203 g/mol. The predicted molar refractivity (Wildman–Crippen MR) is 50.6 cm³/mol. The highest BCUT2D eigenvalue weighted by atomic mass is 19.1. The molecule has 0 radical (unpaired) electrons. The minimum atomic E-state index is -1.24. The molecule has 0 amide bonds. The largest absolute Gasteiger partial charge is 0.493 e. The smallest absolute Gasteiger partial charge is 0.339 e. The highest BCUT2D eigenvalue weighted by Gasteiger charge is 2.19. The number of hydrogen-bond donors (Lipinski definition) is 1. The summed E-state index contributed by atoms with van der Waals surface area (Å²) >= 11 is 0. The van der Waals surface area contributed by atoms with E-state index in [0.29, 0.717) is 5.56 Å². The zero-order valence-corrected chi connectivity index (χ0v) is 8.41. The van der Waals surface area contributed by atoms with Gasteiger partial charge in [-0.3, -0.25) is 0 Å². The molecular formula is C10H11FO4. The summed E-state index contributed by atoms with van der Waals surface area (Å²) in [5, 5.41) is 8.93. The number of aromatic carboxylic acids is 1. The van der Waals surface area contributed by atoms with Gasteiger partial charge in [0.25, 0.3) is 0 Å². The van der Waals surface area contributed by atoms with Gasteiger partial charge in [0.2, 0.25) is 0 Å². The van der Waals surface area contributed by atoms with Crippen LogP contribution in [0, 0.1) is 5.82 Å². The number of ether oxygens (including phenoxy) is 2. The third-order valence-electron chi connectivity index (χ3n) is 1.91. The molecule has 4 nitrogen and oxygen atoms in total. The molecule has 0 heterocycles. The van der Waals surface area contributed by atoms with E-state index in [-0.39, 0.29) is 17.9 Å². The van der Waals surface area contributed by atoms with Gasteiger partial charge >= 0.3 is 5.97 Å². The molecule has 0 aliphatic rings. The van der Waals surface area contributed by atoms with E-state index in [4.69, 9.17) is 14.6 Å². The summed E-state index contributed by atoms with van der Waals surface area (Å²) < 4.78 is 22.7. The number of carboxylic acid groups (broad SMARTS) is 1. The van der Waals surface area contributed by atoms with Crippen molar-refractivity contribution in [3.8, 4) is 5.75 Å². The molecule has 5 heteroatoms. The van der Waals surface area contributed by atoms with E-state index in [1.807, 2.05) is 0 Å². The molecule has 0 saturated heterocycles. The van der Waals surface area contributed by atoms with Gasteiger partial charge in [-0.15, -0.1) is 0 Å². The van der Waals surface area contributed by atoms with Crippen molar-refractivity contribution in [3.05, 3.63) is 29.1 Å². The van der Waals surface area contributed by atoms with Crippen molar-refractivity contribution < 1.29 is 23.8 Å². The molecule has 0 aliphatic heterocycles. The number of carbonyl (C=O) groups is 1. The van der Waals surface area contributed by atoms with Gasteiger partial charge in [0.15, 0.2) is 11.6 Å². The van der Waals surface area contributed by atoms with E-state index >= 15 is 0 Å². The minimum Gasteiger partial charge on any atom is -0.493 e. The van der Waals surface area contributed by atoms with Crippen LogP contribution in [0.5, 0.6) is 5.75 Å². The summed E-state index contributed by atoms with van der Waals surface area (Å²) in [5.41, 5.74) is 0.183. The number of rotatable bonds is 4. The Bertz CT molecular complexity index is 376. The van der Waals surface area contributed by atoms with Gasteiger partial charge in [-0.2, -0.15) is 0 Å². The van der Waals surface area contributed by atoms with Crippen LogP contribution in [0.15, 0.2) is 12.1 Å². The molecule has 0 bridgehead atoms. The molecule has 82 valence electrons. The normalized spacial score (nSPS) is 10.1. The quantitative estimate of drug-likeness (QED) is 0.828. The maximum Gasteiger partial charge on any atom is 0.339 e. The predicted octanol–water partition coefficient (Wildman–Crippen LogP) is 1.68. The van der Waals surface area contributed by atoms with Gasteiger partial charge in [0, 0.05) is 7.11 Å². The van der Waals surface area contributed by atoms with Crippen LogP contribution in [0.4, 0.5) is 4.39 Å². The van der Waals surface area contributed by atoms with Gasteiger partial charge < -0.3 is 14.6 Å². The zero-order chi connectivity index (χ0) is 11.4. The van der Waals surface area contributed by atoms with Crippen LogP contribution in [0.3, 0.4) is 0 Å². The number of halogens is 1. The van der Waals surface area contributed by atoms with Crippen molar-refractivity contribution in [1.29, 1.82) is 0 Å². The molecule has 0 atom stereocenters. The fourth-order valence-corrected chi connectivity index (χ4v) is 1.31. The Kier molecular flexibility index (Phi) is 3.62. The molecule has 1 N–H and O–H groups in total. The molecule has 1 rings (SSSR count). The zero-order valence-electron chi connectivity index (χ0n) is 8.41. The Labute approximate surface area is 86.2 Å². The molecule has 0 saturated carbocycles. The second-order valence-electron chi connectivity index (χ2n) is 2.85. The Hall–Kier alpha value is -1.62. The number of carboxylic acids is 1. The fourth-order valence-electron chi connectivity index (χ4n) is 1.31. The second kappa shape index (κ2) is 4.75. The molecule has 0 unspecified atom stereocenters. The fraction of sp³-hybridized carbons (Fsp3) is 0.300. The van der Waals surface area contributed by atoms with Crippen molar-refractivity contribution in [3.63, 3.8) is 0 Å². The average Bonchev–Trinajstić information content (AvgIpc) is 2.20. The van der Waals surface area contributed by atoms with Crippen molar-refractivity contribution in [2.24, 2.45) is 0 Å². The van der Waals surface area contributed by atoms with Crippen molar-refractivity contribution >= 4 is 5.97 Å². The first-order valence-corrected chi connectivity index (χ1v) is 4.19. The lowest BCUT2D eigenvalue weighted by molar-refractivity contribution is 0.0687.